The third-order valence-corrected chi connectivity index (χ3v) is 3.51. The van der Waals surface area contributed by atoms with Crippen molar-refractivity contribution in [1.29, 1.82) is 0 Å². The molecule has 4 N–H and O–H groups in total. The Balaban J connectivity index is 2.57. The van der Waals surface area contributed by atoms with E-state index in [0.717, 1.165) is 25.7 Å². The molecule has 0 aromatic carbocycles. The molecular weight excluding hydrogens is 218 g/mol. The van der Waals surface area contributed by atoms with Crippen molar-refractivity contribution in [3.05, 3.63) is 0 Å². The van der Waals surface area contributed by atoms with Gasteiger partial charge in [-0.25, -0.2) is 0 Å². The fourth-order valence-electron chi connectivity index (χ4n) is 2.52. The number of nitrogens with two attached hydrogens (primary N) is 2. The predicted molar refractivity (Wildman–Crippen MR) is 66.0 cm³/mol. The summed E-state index contributed by atoms with van der Waals surface area (Å²) < 4.78 is 0. The van der Waals surface area contributed by atoms with E-state index in [1.165, 1.54) is 0 Å². The van der Waals surface area contributed by atoms with Crippen LogP contribution in [0, 0.1) is 11.8 Å². The van der Waals surface area contributed by atoms with Crippen LogP contribution in [0.4, 0.5) is 0 Å². The molecule has 0 heterocycles. The molecule has 0 aromatic rings. The largest absolute Gasteiger partial charge is 0.368 e. The summed E-state index contributed by atoms with van der Waals surface area (Å²) in [6.07, 6.45) is 3.92. The summed E-state index contributed by atoms with van der Waals surface area (Å²) in [4.78, 5) is 24.6. The molecule has 5 heteroatoms. The minimum atomic E-state index is -0.452. The highest BCUT2D eigenvalue weighted by atomic mass is 16.2. The Morgan fingerprint density at radius 3 is 2.59 bits per heavy atom. The average Bonchev–Trinajstić information content (AvgIpc) is 2.35. The van der Waals surface area contributed by atoms with E-state index in [1.54, 1.807) is 4.90 Å². The summed E-state index contributed by atoms with van der Waals surface area (Å²) in [6.45, 7) is 3.07. The first-order chi connectivity index (χ1) is 8.08. The Bertz CT molecular complexity index is 281. The van der Waals surface area contributed by atoms with Gasteiger partial charge in [0.15, 0.2) is 0 Å². The van der Waals surface area contributed by atoms with Gasteiger partial charge in [-0.15, -0.1) is 0 Å². The van der Waals surface area contributed by atoms with Crippen LogP contribution >= 0.6 is 0 Å². The van der Waals surface area contributed by atoms with Crippen LogP contribution < -0.4 is 11.5 Å². The predicted octanol–water partition coefficient (Wildman–Crippen LogP) is 0.0853. The van der Waals surface area contributed by atoms with Gasteiger partial charge < -0.3 is 16.4 Å². The lowest BCUT2D eigenvalue weighted by Crippen LogP contribution is -2.43. The second-order valence-corrected chi connectivity index (χ2v) is 4.78. The number of primary amides is 1. The lowest BCUT2D eigenvalue weighted by atomic mass is 9.81. The number of hydrogen-bond acceptors (Lipinski definition) is 3. The second kappa shape index (κ2) is 6.59. The van der Waals surface area contributed by atoms with Crippen molar-refractivity contribution in [2.45, 2.75) is 32.6 Å². The molecule has 98 valence electrons. The van der Waals surface area contributed by atoms with Crippen molar-refractivity contribution in [3.63, 3.8) is 0 Å². The van der Waals surface area contributed by atoms with Crippen LogP contribution in [-0.2, 0) is 9.59 Å². The summed E-state index contributed by atoms with van der Waals surface area (Å²) in [5, 5.41) is 0. The lowest BCUT2D eigenvalue weighted by Gasteiger charge is -2.31. The Hall–Kier alpha value is -1.10. The van der Waals surface area contributed by atoms with Crippen LogP contribution in [0.3, 0.4) is 0 Å². The highest BCUT2D eigenvalue weighted by Crippen LogP contribution is 2.29. The van der Waals surface area contributed by atoms with Crippen LogP contribution in [-0.4, -0.2) is 36.3 Å². The lowest BCUT2D eigenvalue weighted by molar-refractivity contribution is -0.139. The van der Waals surface area contributed by atoms with Gasteiger partial charge in [-0.2, -0.15) is 0 Å². The summed E-state index contributed by atoms with van der Waals surface area (Å²) >= 11 is 0. The van der Waals surface area contributed by atoms with Crippen LogP contribution in [0.2, 0.25) is 0 Å². The monoisotopic (exact) mass is 241 g/mol. The van der Waals surface area contributed by atoms with Gasteiger partial charge in [-0.3, -0.25) is 9.59 Å². The van der Waals surface area contributed by atoms with Gasteiger partial charge in [0.1, 0.15) is 0 Å². The molecule has 1 fully saturated rings. The van der Waals surface area contributed by atoms with Crippen LogP contribution in [0.5, 0.6) is 0 Å². The highest BCUT2D eigenvalue weighted by Gasteiger charge is 2.29. The molecule has 17 heavy (non-hydrogen) atoms. The Labute approximate surface area is 103 Å². The zero-order chi connectivity index (χ0) is 12.8. The van der Waals surface area contributed by atoms with Gasteiger partial charge in [0.05, 0.1) is 6.54 Å². The zero-order valence-corrected chi connectivity index (χ0v) is 10.5. The van der Waals surface area contributed by atoms with Crippen molar-refractivity contribution in [2.24, 2.45) is 23.3 Å². The molecule has 2 unspecified atom stereocenters. The standard InChI is InChI=1S/C12H23N3O2/c1-2-15(8-11(14)16)12(17)10-5-3-4-9(6-10)7-13/h9-10H,2-8,13H2,1H3,(H2,14,16). The molecule has 0 bridgehead atoms. The van der Waals surface area contributed by atoms with Crippen molar-refractivity contribution >= 4 is 11.8 Å². The molecule has 1 aliphatic rings. The molecule has 1 rings (SSSR count). The normalized spacial score (nSPS) is 24.4. The fourth-order valence-corrected chi connectivity index (χ4v) is 2.52. The number of amides is 2. The minimum absolute atomic E-state index is 0.0246. The minimum Gasteiger partial charge on any atom is -0.368 e. The van der Waals surface area contributed by atoms with E-state index in [0.29, 0.717) is 19.0 Å². The van der Waals surface area contributed by atoms with Gasteiger partial charge in [0.2, 0.25) is 11.8 Å². The first-order valence-corrected chi connectivity index (χ1v) is 6.35. The summed E-state index contributed by atoms with van der Waals surface area (Å²) in [7, 11) is 0. The molecule has 0 aromatic heterocycles. The Kier molecular flexibility index (Phi) is 5.41. The van der Waals surface area contributed by atoms with E-state index in [-0.39, 0.29) is 18.4 Å². The van der Waals surface area contributed by atoms with E-state index in [4.69, 9.17) is 11.5 Å². The molecule has 0 saturated heterocycles. The number of nitrogens with zero attached hydrogens (tertiary/aromatic N) is 1. The van der Waals surface area contributed by atoms with Gasteiger partial charge in [0.25, 0.3) is 0 Å². The van der Waals surface area contributed by atoms with E-state index in [2.05, 4.69) is 0 Å². The van der Waals surface area contributed by atoms with Crippen LogP contribution in [0.25, 0.3) is 0 Å². The third-order valence-electron chi connectivity index (χ3n) is 3.51. The first kappa shape index (κ1) is 14.0. The van der Waals surface area contributed by atoms with Crippen molar-refractivity contribution in [1.82, 2.24) is 4.90 Å². The quantitative estimate of drug-likeness (QED) is 0.714. The van der Waals surface area contributed by atoms with Gasteiger partial charge in [-0.05, 0) is 38.6 Å². The summed E-state index contributed by atoms with van der Waals surface area (Å²) in [5.41, 5.74) is 10.8. The van der Waals surface area contributed by atoms with Crippen molar-refractivity contribution in [3.8, 4) is 0 Å². The number of carbonyl (C=O) groups is 2. The van der Waals surface area contributed by atoms with E-state index < -0.39 is 5.91 Å². The number of rotatable bonds is 5. The maximum absolute atomic E-state index is 12.2. The maximum atomic E-state index is 12.2. The molecule has 1 saturated carbocycles. The molecule has 5 nitrogen and oxygen atoms in total. The molecular formula is C12H23N3O2. The fraction of sp³-hybridized carbons (Fsp3) is 0.833. The van der Waals surface area contributed by atoms with E-state index in [9.17, 15) is 9.59 Å². The topological polar surface area (TPSA) is 89.4 Å². The van der Waals surface area contributed by atoms with Gasteiger partial charge in [0, 0.05) is 12.5 Å². The maximum Gasteiger partial charge on any atom is 0.237 e. The molecule has 2 atom stereocenters. The molecule has 0 aliphatic heterocycles. The molecule has 0 radical (unpaired) electrons. The smallest absolute Gasteiger partial charge is 0.237 e. The van der Waals surface area contributed by atoms with E-state index >= 15 is 0 Å². The highest BCUT2D eigenvalue weighted by molar-refractivity contribution is 5.85. The molecule has 2 amide bonds. The second-order valence-electron chi connectivity index (χ2n) is 4.78. The number of carbonyl (C=O) groups excluding carboxylic acids is 2. The number of likely N-dealkylation sites (N-methyl/N-ethyl adjacent to an activating group) is 1. The summed E-state index contributed by atoms with van der Waals surface area (Å²) in [5.74, 6) is 0.0809. The number of hydrogen-bond donors (Lipinski definition) is 2. The zero-order valence-electron chi connectivity index (χ0n) is 10.5. The molecule has 1 aliphatic carbocycles. The summed E-state index contributed by atoms with van der Waals surface area (Å²) in [6, 6.07) is 0. The van der Waals surface area contributed by atoms with Crippen LogP contribution in [0.1, 0.15) is 32.6 Å². The van der Waals surface area contributed by atoms with Gasteiger partial charge in [-0.1, -0.05) is 6.42 Å². The van der Waals surface area contributed by atoms with E-state index in [1.807, 2.05) is 6.92 Å². The van der Waals surface area contributed by atoms with Gasteiger partial charge >= 0.3 is 0 Å². The molecule has 0 spiro atoms. The Morgan fingerprint density at radius 2 is 2.06 bits per heavy atom. The third kappa shape index (κ3) is 4.00. The first-order valence-electron chi connectivity index (χ1n) is 6.35. The SMILES string of the molecule is CCN(CC(N)=O)C(=O)C1CCCC(CN)C1. The van der Waals surface area contributed by atoms with Crippen LogP contribution in [0.15, 0.2) is 0 Å². The van der Waals surface area contributed by atoms with Crippen molar-refractivity contribution < 1.29 is 9.59 Å². The van der Waals surface area contributed by atoms with Crippen molar-refractivity contribution in [2.75, 3.05) is 19.6 Å². The Morgan fingerprint density at radius 1 is 1.35 bits per heavy atom. The average molecular weight is 241 g/mol.